The van der Waals surface area contributed by atoms with Crippen LogP contribution in [0.15, 0.2) is 12.3 Å². The number of rotatable bonds is 4. The highest BCUT2D eigenvalue weighted by Gasteiger charge is 2.30. The van der Waals surface area contributed by atoms with Crippen LogP contribution in [-0.4, -0.2) is 30.6 Å². The smallest absolute Gasteiger partial charge is 0.341 e. The lowest BCUT2D eigenvalue weighted by Gasteiger charge is -2.20. The van der Waals surface area contributed by atoms with Crippen LogP contribution in [0.4, 0.5) is 11.5 Å². The van der Waals surface area contributed by atoms with Gasteiger partial charge in [0.15, 0.2) is 0 Å². The maximum atomic E-state index is 11.8. The average molecular weight is 235 g/mol. The minimum atomic E-state index is -0.366. The van der Waals surface area contributed by atoms with Gasteiger partial charge in [0.05, 0.1) is 18.5 Å². The Morgan fingerprint density at radius 3 is 2.94 bits per heavy atom. The highest BCUT2D eigenvalue weighted by atomic mass is 16.5. The number of aromatic nitrogens is 1. The van der Waals surface area contributed by atoms with Gasteiger partial charge in [-0.05, 0) is 25.8 Å². The normalized spacial score (nSPS) is 14.5. The second kappa shape index (κ2) is 4.61. The van der Waals surface area contributed by atoms with E-state index >= 15 is 0 Å². The molecule has 0 saturated heterocycles. The first kappa shape index (κ1) is 11.7. The van der Waals surface area contributed by atoms with Crippen molar-refractivity contribution >= 4 is 17.5 Å². The van der Waals surface area contributed by atoms with Crippen LogP contribution in [-0.2, 0) is 4.74 Å². The third kappa shape index (κ3) is 2.49. The molecular weight excluding hydrogens is 218 g/mol. The second-order valence-electron chi connectivity index (χ2n) is 4.20. The lowest BCUT2D eigenvalue weighted by atomic mass is 10.2. The quantitative estimate of drug-likeness (QED) is 0.800. The number of nitrogens with zero attached hydrogens (tertiary/aromatic N) is 2. The summed E-state index contributed by atoms with van der Waals surface area (Å²) in [5.41, 5.74) is 6.58. The molecule has 5 nitrogen and oxygen atoms in total. The molecule has 1 aliphatic carbocycles. The molecule has 1 saturated carbocycles. The predicted molar refractivity (Wildman–Crippen MR) is 66.0 cm³/mol. The molecule has 92 valence electrons. The topological polar surface area (TPSA) is 68.5 Å². The van der Waals surface area contributed by atoms with Crippen LogP contribution < -0.4 is 10.6 Å². The van der Waals surface area contributed by atoms with Gasteiger partial charge >= 0.3 is 5.97 Å². The molecule has 0 amide bonds. The Morgan fingerprint density at radius 2 is 2.35 bits per heavy atom. The van der Waals surface area contributed by atoms with Crippen LogP contribution >= 0.6 is 0 Å². The Balaban J connectivity index is 2.32. The fourth-order valence-electron chi connectivity index (χ4n) is 1.75. The molecule has 0 aromatic carbocycles. The molecule has 2 N–H and O–H groups in total. The first-order valence-electron chi connectivity index (χ1n) is 5.79. The maximum Gasteiger partial charge on any atom is 0.341 e. The molecule has 1 aromatic heterocycles. The largest absolute Gasteiger partial charge is 0.462 e. The zero-order valence-corrected chi connectivity index (χ0v) is 10.1. The van der Waals surface area contributed by atoms with E-state index in [1.807, 2.05) is 11.9 Å². The van der Waals surface area contributed by atoms with Gasteiger partial charge in [-0.25, -0.2) is 9.78 Å². The Kier molecular flexibility index (Phi) is 3.17. The Labute approximate surface area is 101 Å². The van der Waals surface area contributed by atoms with Gasteiger partial charge in [-0.3, -0.25) is 0 Å². The number of nitrogen functional groups attached to an aromatic ring is 1. The standard InChI is InChI=1S/C12H17N3O2/c1-3-17-12(16)10-6-8(13)7-14-11(10)15(2)9-4-5-9/h6-7,9H,3-5,13H2,1-2H3. The van der Waals surface area contributed by atoms with Crippen molar-refractivity contribution in [3.8, 4) is 0 Å². The molecule has 1 heterocycles. The monoisotopic (exact) mass is 235 g/mol. The van der Waals surface area contributed by atoms with E-state index in [1.54, 1.807) is 19.2 Å². The molecule has 0 atom stereocenters. The zero-order chi connectivity index (χ0) is 12.4. The fourth-order valence-corrected chi connectivity index (χ4v) is 1.75. The van der Waals surface area contributed by atoms with Gasteiger partial charge in [0.2, 0.25) is 0 Å². The Bertz CT molecular complexity index is 430. The van der Waals surface area contributed by atoms with Gasteiger partial charge in [0, 0.05) is 13.1 Å². The molecule has 0 bridgehead atoms. The van der Waals surface area contributed by atoms with Crippen LogP contribution in [0.2, 0.25) is 0 Å². The molecule has 0 unspecified atom stereocenters. The fraction of sp³-hybridized carbons (Fsp3) is 0.500. The zero-order valence-electron chi connectivity index (χ0n) is 10.1. The summed E-state index contributed by atoms with van der Waals surface area (Å²) in [6.07, 6.45) is 3.85. The van der Waals surface area contributed by atoms with Crippen molar-refractivity contribution in [3.05, 3.63) is 17.8 Å². The molecule has 1 aromatic rings. The highest BCUT2D eigenvalue weighted by molar-refractivity contribution is 5.95. The summed E-state index contributed by atoms with van der Waals surface area (Å²) in [7, 11) is 1.94. The van der Waals surface area contributed by atoms with Crippen LogP contribution in [0.3, 0.4) is 0 Å². The number of pyridine rings is 1. The number of nitrogens with two attached hydrogens (primary N) is 1. The van der Waals surface area contributed by atoms with Gasteiger partial charge in [0.1, 0.15) is 11.4 Å². The maximum absolute atomic E-state index is 11.8. The summed E-state index contributed by atoms with van der Waals surface area (Å²) in [4.78, 5) is 18.1. The number of carbonyl (C=O) groups is 1. The van der Waals surface area contributed by atoms with Crippen molar-refractivity contribution in [2.24, 2.45) is 0 Å². The molecule has 0 spiro atoms. The van der Waals surface area contributed by atoms with E-state index in [1.165, 1.54) is 0 Å². The summed E-state index contributed by atoms with van der Waals surface area (Å²) in [5, 5.41) is 0. The first-order valence-corrected chi connectivity index (χ1v) is 5.79. The van der Waals surface area contributed by atoms with Crippen LogP contribution in [0.1, 0.15) is 30.1 Å². The summed E-state index contributed by atoms with van der Waals surface area (Å²) >= 11 is 0. The lowest BCUT2D eigenvalue weighted by Crippen LogP contribution is -2.24. The van der Waals surface area contributed by atoms with Gasteiger partial charge < -0.3 is 15.4 Å². The minimum absolute atomic E-state index is 0.347. The molecule has 17 heavy (non-hydrogen) atoms. The molecular formula is C12H17N3O2. The number of hydrogen-bond acceptors (Lipinski definition) is 5. The van der Waals surface area contributed by atoms with Gasteiger partial charge in [-0.1, -0.05) is 0 Å². The molecule has 1 aliphatic rings. The predicted octanol–water partition coefficient (Wildman–Crippen LogP) is 1.44. The van der Waals surface area contributed by atoms with Crippen molar-refractivity contribution in [3.63, 3.8) is 0 Å². The lowest BCUT2D eigenvalue weighted by molar-refractivity contribution is 0.0526. The highest BCUT2D eigenvalue weighted by Crippen LogP contribution is 2.31. The van der Waals surface area contributed by atoms with Gasteiger partial charge in [0.25, 0.3) is 0 Å². The molecule has 0 aliphatic heterocycles. The van der Waals surface area contributed by atoms with Crippen molar-refractivity contribution in [2.45, 2.75) is 25.8 Å². The van der Waals surface area contributed by atoms with E-state index in [9.17, 15) is 4.79 Å². The second-order valence-corrected chi connectivity index (χ2v) is 4.20. The van der Waals surface area contributed by atoms with E-state index in [4.69, 9.17) is 10.5 Å². The number of carbonyl (C=O) groups excluding carboxylic acids is 1. The number of anilines is 2. The number of hydrogen-bond donors (Lipinski definition) is 1. The molecule has 2 rings (SSSR count). The average Bonchev–Trinajstić information content (AvgIpc) is 3.12. The van der Waals surface area contributed by atoms with Crippen molar-refractivity contribution in [1.29, 1.82) is 0 Å². The molecule has 1 fully saturated rings. The first-order chi connectivity index (χ1) is 8.13. The number of esters is 1. The summed E-state index contributed by atoms with van der Waals surface area (Å²) < 4.78 is 5.01. The third-order valence-corrected chi connectivity index (χ3v) is 2.81. The molecule has 5 heteroatoms. The van der Waals surface area contributed by atoms with Crippen LogP contribution in [0.5, 0.6) is 0 Å². The van der Waals surface area contributed by atoms with E-state index in [0.29, 0.717) is 29.7 Å². The summed E-state index contributed by atoms with van der Waals surface area (Å²) in [6, 6.07) is 2.11. The Hall–Kier alpha value is -1.78. The van der Waals surface area contributed by atoms with E-state index in [0.717, 1.165) is 12.8 Å². The van der Waals surface area contributed by atoms with Crippen molar-refractivity contribution < 1.29 is 9.53 Å². The summed E-state index contributed by atoms with van der Waals surface area (Å²) in [6.45, 7) is 2.13. The number of ether oxygens (including phenoxy) is 1. The van der Waals surface area contributed by atoms with Crippen LogP contribution in [0, 0.1) is 0 Å². The summed E-state index contributed by atoms with van der Waals surface area (Å²) in [5.74, 6) is 0.287. The molecule has 0 radical (unpaired) electrons. The van der Waals surface area contributed by atoms with Gasteiger partial charge in [-0.15, -0.1) is 0 Å². The van der Waals surface area contributed by atoms with E-state index < -0.39 is 0 Å². The minimum Gasteiger partial charge on any atom is -0.462 e. The SMILES string of the molecule is CCOC(=O)c1cc(N)cnc1N(C)C1CC1. The van der Waals surface area contributed by atoms with E-state index in [-0.39, 0.29) is 5.97 Å². The van der Waals surface area contributed by atoms with Crippen LogP contribution in [0.25, 0.3) is 0 Å². The third-order valence-electron chi connectivity index (χ3n) is 2.81. The van der Waals surface area contributed by atoms with Gasteiger partial charge in [-0.2, -0.15) is 0 Å². The van der Waals surface area contributed by atoms with Crippen molar-refractivity contribution in [2.75, 3.05) is 24.3 Å². The van der Waals surface area contributed by atoms with Crippen molar-refractivity contribution in [1.82, 2.24) is 4.98 Å². The Morgan fingerprint density at radius 1 is 1.65 bits per heavy atom. The van der Waals surface area contributed by atoms with E-state index in [2.05, 4.69) is 4.98 Å².